The van der Waals surface area contributed by atoms with E-state index in [0.717, 1.165) is 18.4 Å². The molecule has 0 radical (unpaired) electrons. The average molecular weight is 405 g/mol. The second kappa shape index (κ2) is 10.9. The summed E-state index contributed by atoms with van der Waals surface area (Å²) < 4.78 is 37.6. The molecule has 6 heteroatoms. The smallest absolute Gasteiger partial charge is 0.328 e. The van der Waals surface area contributed by atoms with Crippen molar-refractivity contribution in [1.82, 2.24) is 0 Å². The van der Waals surface area contributed by atoms with Gasteiger partial charge in [-0.25, -0.2) is 13.6 Å². The van der Waals surface area contributed by atoms with Crippen LogP contribution in [0, 0.1) is 32.4 Å². The molecule has 0 bridgehead atoms. The zero-order chi connectivity index (χ0) is 21.4. The van der Waals surface area contributed by atoms with Gasteiger partial charge in [0, 0.05) is 12.3 Å². The van der Waals surface area contributed by atoms with Gasteiger partial charge < -0.3 is 14.8 Å². The van der Waals surface area contributed by atoms with E-state index < -0.39 is 6.04 Å². The number of carbonyl (C=O) groups is 1. The number of rotatable bonds is 10. The number of anilines is 1. The van der Waals surface area contributed by atoms with Crippen LogP contribution in [0.2, 0.25) is 0 Å². The summed E-state index contributed by atoms with van der Waals surface area (Å²) in [6, 6.07) is 7.80. The first-order valence-corrected chi connectivity index (χ1v) is 9.75. The van der Waals surface area contributed by atoms with Crippen molar-refractivity contribution in [2.75, 3.05) is 19.0 Å². The minimum atomic E-state index is -0.510. The molecule has 29 heavy (non-hydrogen) atoms. The fourth-order valence-electron chi connectivity index (χ4n) is 3.16. The van der Waals surface area contributed by atoms with Crippen LogP contribution in [0.3, 0.4) is 0 Å². The van der Waals surface area contributed by atoms with Crippen molar-refractivity contribution in [3.05, 3.63) is 64.2 Å². The quantitative estimate of drug-likeness (QED) is 0.434. The van der Waals surface area contributed by atoms with E-state index in [1.165, 1.54) is 13.2 Å². The Kier molecular flexibility index (Phi) is 8.58. The number of halogens is 2. The molecule has 1 unspecified atom stereocenters. The predicted molar refractivity (Wildman–Crippen MR) is 110 cm³/mol. The van der Waals surface area contributed by atoms with E-state index in [9.17, 15) is 13.6 Å². The largest absolute Gasteiger partial charge is 0.467 e. The van der Waals surface area contributed by atoms with Gasteiger partial charge in [0.1, 0.15) is 17.7 Å². The van der Waals surface area contributed by atoms with Crippen LogP contribution in [0.5, 0.6) is 0 Å². The maximum Gasteiger partial charge on any atom is 0.328 e. The summed E-state index contributed by atoms with van der Waals surface area (Å²) in [5, 5.41) is 3.15. The molecule has 0 spiro atoms. The van der Waals surface area contributed by atoms with Gasteiger partial charge in [0.25, 0.3) is 0 Å². The lowest BCUT2D eigenvalue weighted by Gasteiger charge is -2.19. The molecule has 2 aromatic carbocycles. The van der Waals surface area contributed by atoms with Crippen LogP contribution in [0.15, 0.2) is 30.3 Å². The Morgan fingerprint density at radius 3 is 2.34 bits per heavy atom. The van der Waals surface area contributed by atoms with Crippen molar-refractivity contribution in [2.45, 2.75) is 52.7 Å². The first-order chi connectivity index (χ1) is 13.8. The molecular formula is C23H29F2NO3. The third-order valence-electron chi connectivity index (χ3n) is 4.79. The number of nitrogens with one attached hydrogen (secondary N) is 1. The highest BCUT2D eigenvalue weighted by atomic mass is 19.1. The summed E-state index contributed by atoms with van der Waals surface area (Å²) in [5.41, 5.74) is 3.28. The third kappa shape index (κ3) is 6.82. The van der Waals surface area contributed by atoms with Gasteiger partial charge in [0.05, 0.1) is 13.7 Å². The third-order valence-corrected chi connectivity index (χ3v) is 4.79. The number of hydrogen-bond acceptors (Lipinski definition) is 4. The molecule has 0 aliphatic heterocycles. The van der Waals surface area contributed by atoms with Gasteiger partial charge >= 0.3 is 5.97 Å². The highest BCUT2D eigenvalue weighted by Crippen LogP contribution is 2.20. The SMILES string of the molecule is COC(=O)C(CCCCOCc1ccc(F)c(C)c1)Nc1cc(C)c(F)c(C)c1. The van der Waals surface area contributed by atoms with Crippen LogP contribution < -0.4 is 5.32 Å². The minimum absolute atomic E-state index is 0.221. The Morgan fingerprint density at radius 2 is 1.72 bits per heavy atom. The lowest BCUT2D eigenvalue weighted by molar-refractivity contribution is -0.141. The van der Waals surface area contributed by atoms with Gasteiger partial charge in [-0.15, -0.1) is 0 Å². The fraction of sp³-hybridized carbons (Fsp3) is 0.435. The van der Waals surface area contributed by atoms with Gasteiger partial charge in [-0.3, -0.25) is 0 Å². The molecule has 0 saturated carbocycles. The summed E-state index contributed by atoms with van der Waals surface area (Å²) in [7, 11) is 1.35. The van der Waals surface area contributed by atoms with E-state index in [0.29, 0.717) is 42.0 Å². The van der Waals surface area contributed by atoms with Crippen LogP contribution in [0.4, 0.5) is 14.5 Å². The molecular weight excluding hydrogens is 376 g/mol. The molecule has 0 saturated heterocycles. The zero-order valence-corrected chi connectivity index (χ0v) is 17.5. The summed E-state index contributed by atoms with van der Waals surface area (Å²) in [6.45, 7) is 6.08. The Hall–Kier alpha value is -2.47. The van der Waals surface area contributed by atoms with E-state index in [4.69, 9.17) is 9.47 Å². The van der Waals surface area contributed by atoms with Gasteiger partial charge in [-0.2, -0.15) is 0 Å². The van der Waals surface area contributed by atoms with Crippen LogP contribution in [-0.4, -0.2) is 25.7 Å². The summed E-state index contributed by atoms with van der Waals surface area (Å²) in [6.07, 6.45) is 2.10. The maximum atomic E-state index is 13.8. The summed E-state index contributed by atoms with van der Waals surface area (Å²) in [4.78, 5) is 12.1. The highest BCUT2D eigenvalue weighted by Gasteiger charge is 2.19. The van der Waals surface area contributed by atoms with E-state index >= 15 is 0 Å². The van der Waals surface area contributed by atoms with Crippen LogP contribution >= 0.6 is 0 Å². The molecule has 158 valence electrons. The van der Waals surface area contributed by atoms with E-state index in [1.807, 2.05) is 0 Å². The van der Waals surface area contributed by atoms with Gasteiger partial charge in [-0.1, -0.05) is 12.1 Å². The molecule has 0 aliphatic carbocycles. The van der Waals surface area contributed by atoms with Crippen molar-refractivity contribution in [3.63, 3.8) is 0 Å². The second-order valence-electron chi connectivity index (χ2n) is 7.28. The van der Waals surface area contributed by atoms with Crippen LogP contribution in [0.25, 0.3) is 0 Å². The van der Waals surface area contributed by atoms with Crippen molar-refractivity contribution in [3.8, 4) is 0 Å². The Morgan fingerprint density at radius 1 is 1.03 bits per heavy atom. The van der Waals surface area contributed by atoms with E-state index in [1.54, 1.807) is 45.0 Å². The summed E-state index contributed by atoms with van der Waals surface area (Å²) in [5.74, 6) is -0.812. The van der Waals surface area contributed by atoms with Crippen LogP contribution in [-0.2, 0) is 20.9 Å². The fourth-order valence-corrected chi connectivity index (χ4v) is 3.16. The average Bonchev–Trinajstić information content (AvgIpc) is 2.69. The number of unbranched alkanes of at least 4 members (excludes halogenated alkanes) is 1. The number of benzene rings is 2. The molecule has 2 rings (SSSR count). The lowest BCUT2D eigenvalue weighted by Crippen LogP contribution is -2.30. The first kappa shape index (κ1) is 22.8. The molecule has 0 amide bonds. The van der Waals surface area contributed by atoms with E-state index in [2.05, 4.69) is 5.32 Å². The Bertz CT molecular complexity index is 816. The van der Waals surface area contributed by atoms with Gasteiger partial charge in [-0.05, 0) is 80.5 Å². The molecule has 0 heterocycles. The van der Waals surface area contributed by atoms with Crippen molar-refractivity contribution < 1.29 is 23.0 Å². The number of aryl methyl sites for hydroxylation is 3. The predicted octanol–water partition coefficient (Wildman–Crippen LogP) is 5.23. The Labute approximate surface area is 171 Å². The molecule has 4 nitrogen and oxygen atoms in total. The summed E-state index contributed by atoms with van der Waals surface area (Å²) >= 11 is 0. The molecule has 1 atom stereocenters. The molecule has 0 aromatic heterocycles. The molecule has 2 aromatic rings. The van der Waals surface area contributed by atoms with E-state index in [-0.39, 0.29) is 17.6 Å². The van der Waals surface area contributed by atoms with Crippen molar-refractivity contribution in [2.24, 2.45) is 0 Å². The second-order valence-corrected chi connectivity index (χ2v) is 7.28. The first-order valence-electron chi connectivity index (χ1n) is 9.75. The monoisotopic (exact) mass is 405 g/mol. The standard InChI is InChI=1S/C23H29F2NO3/c1-15-11-18(8-9-20(15)24)14-29-10-6-5-7-21(23(27)28-4)26-19-12-16(2)22(25)17(3)13-19/h8-9,11-13,21,26H,5-7,10,14H2,1-4H3. The number of esters is 1. The van der Waals surface area contributed by atoms with Crippen LogP contribution in [0.1, 0.15) is 41.5 Å². The normalized spacial score (nSPS) is 11.9. The number of ether oxygens (including phenoxy) is 2. The molecule has 0 aliphatic rings. The van der Waals surface area contributed by atoms with Crippen molar-refractivity contribution in [1.29, 1.82) is 0 Å². The maximum absolute atomic E-state index is 13.8. The highest BCUT2D eigenvalue weighted by molar-refractivity contribution is 5.79. The van der Waals surface area contributed by atoms with Gasteiger partial charge in [0.2, 0.25) is 0 Å². The Balaban J connectivity index is 1.80. The lowest BCUT2D eigenvalue weighted by atomic mass is 10.1. The van der Waals surface area contributed by atoms with Gasteiger partial charge in [0.15, 0.2) is 0 Å². The number of carbonyl (C=O) groups excluding carboxylic acids is 1. The number of hydrogen-bond donors (Lipinski definition) is 1. The minimum Gasteiger partial charge on any atom is -0.467 e. The zero-order valence-electron chi connectivity index (χ0n) is 17.5. The van der Waals surface area contributed by atoms with Crippen molar-refractivity contribution >= 4 is 11.7 Å². The molecule has 0 fully saturated rings. The topological polar surface area (TPSA) is 47.6 Å². The molecule has 1 N–H and O–H groups in total. The number of methoxy groups -OCH3 is 1.